The average Bonchev–Trinajstić information content (AvgIpc) is 2.46. The molecule has 0 aliphatic heterocycles. The van der Waals surface area contributed by atoms with Crippen LogP contribution >= 0.6 is 0 Å². The topological polar surface area (TPSA) is 42.6 Å². The number of isocyanates is 1. The maximum atomic E-state index is 12.7. The Hall–Kier alpha value is -1.93. The van der Waals surface area contributed by atoms with Crippen molar-refractivity contribution in [3.8, 4) is 0 Å². The fraction of sp³-hybridized carbons (Fsp3) is 0. The highest BCUT2D eigenvalue weighted by atomic mass is 19.1. The summed E-state index contributed by atoms with van der Waals surface area (Å²) in [5, 5.41) is 0.704. The Labute approximate surface area is 72.5 Å². The van der Waals surface area contributed by atoms with Gasteiger partial charge in [-0.2, -0.15) is 0 Å². The van der Waals surface area contributed by atoms with Gasteiger partial charge in [0, 0.05) is 17.5 Å². The summed E-state index contributed by atoms with van der Waals surface area (Å²) in [6.07, 6.45) is 1.35. The van der Waals surface area contributed by atoms with Crippen molar-refractivity contribution in [1.82, 2.24) is 0 Å². The molecule has 0 aliphatic rings. The third kappa shape index (κ3) is 1.35. The number of benzene rings is 1. The van der Waals surface area contributed by atoms with E-state index in [9.17, 15) is 9.18 Å². The van der Waals surface area contributed by atoms with Gasteiger partial charge in [-0.3, -0.25) is 0 Å². The van der Waals surface area contributed by atoms with Crippen molar-refractivity contribution in [3.05, 3.63) is 30.1 Å². The average molecular weight is 177 g/mol. The Balaban J connectivity index is 2.68. The molecule has 0 saturated heterocycles. The number of fused-ring (bicyclic) bond motifs is 1. The normalized spacial score (nSPS) is 9.92. The molecule has 0 unspecified atom stereocenters. The van der Waals surface area contributed by atoms with Crippen LogP contribution in [0.3, 0.4) is 0 Å². The number of furan rings is 1. The molecule has 1 aromatic carbocycles. The van der Waals surface area contributed by atoms with E-state index in [1.165, 1.54) is 18.2 Å². The maximum Gasteiger partial charge on any atom is 0.243 e. The number of halogens is 1. The van der Waals surface area contributed by atoms with Gasteiger partial charge in [0.15, 0.2) is 0 Å². The van der Waals surface area contributed by atoms with E-state index in [4.69, 9.17) is 4.42 Å². The first-order valence-electron chi connectivity index (χ1n) is 3.56. The molecule has 2 rings (SSSR count). The van der Waals surface area contributed by atoms with E-state index in [0.29, 0.717) is 11.0 Å². The van der Waals surface area contributed by atoms with Crippen LogP contribution in [0.5, 0.6) is 0 Å². The summed E-state index contributed by atoms with van der Waals surface area (Å²) >= 11 is 0. The third-order valence-electron chi connectivity index (χ3n) is 1.62. The molecule has 2 aromatic rings. The zero-order valence-corrected chi connectivity index (χ0v) is 6.45. The summed E-state index contributed by atoms with van der Waals surface area (Å²) in [5.74, 6) is -0.251. The zero-order valence-electron chi connectivity index (χ0n) is 6.45. The first kappa shape index (κ1) is 7.71. The van der Waals surface area contributed by atoms with Crippen molar-refractivity contribution in [2.24, 2.45) is 4.99 Å². The third-order valence-corrected chi connectivity index (χ3v) is 1.62. The van der Waals surface area contributed by atoms with Crippen LogP contribution in [0.1, 0.15) is 0 Å². The second kappa shape index (κ2) is 2.84. The highest BCUT2D eigenvalue weighted by Crippen LogP contribution is 2.25. The molecule has 0 saturated carbocycles. The van der Waals surface area contributed by atoms with Gasteiger partial charge in [0.1, 0.15) is 11.4 Å². The second-order valence-electron chi connectivity index (χ2n) is 2.47. The van der Waals surface area contributed by atoms with Gasteiger partial charge in [-0.05, 0) is 12.1 Å². The first-order chi connectivity index (χ1) is 6.29. The molecule has 0 atom stereocenters. The van der Waals surface area contributed by atoms with Crippen LogP contribution in [-0.2, 0) is 4.79 Å². The van der Waals surface area contributed by atoms with Crippen molar-refractivity contribution in [2.45, 2.75) is 0 Å². The monoisotopic (exact) mass is 177 g/mol. The number of rotatable bonds is 1. The van der Waals surface area contributed by atoms with Gasteiger partial charge >= 0.3 is 0 Å². The molecule has 1 aromatic heterocycles. The van der Waals surface area contributed by atoms with Gasteiger partial charge in [-0.1, -0.05) is 0 Å². The fourth-order valence-electron chi connectivity index (χ4n) is 1.09. The number of aliphatic imine (C=N–C) groups is 1. The minimum atomic E-state index is -0.386. The van der Waals surface area contributed by atoms with Gasteiger partial charge in [-0.25, -0.2) is 9.18 Å². The number of hydrogen-bond donors (Lipinski definition) is 0. The lowest BCUT2D eigenvalue weighted by Gasteiger charge is -1.85. The maximum absolute atomic E-state index is 12.7. The van der Waals surface area contributed by atoms with E-state index in [2.05, 4.69) is 4.99 Å². The van der Waals surface area contributed by atoms with Gasteiger partial charge in [0.05, 0.1) is 0 Å². The molecule has 0 spiro atoms. The van der Waals surface area contributed by atoms with Gasteiger partial charge in [-0.15, -0.1) is 4.99 Å². The second-order valence-corrected chi connectivity index (χ2v) is 2.47. The van der Waals surface area contributed by atoms with Crippen LogP contribution in [0.25, 0.3) is 11.0 Å². The molecule has 0 radical (unpaired) electrons. The van der Waals surface area contributed by atoms with Crippen molar-refractivity contribution in [2.75, 3.05) is 0 Å². The summed E-state index contributed by atoms with van der Waals surface area (Å²) in [6.45, 7) is 0. The zero-order chi connectivity index (χ0) is 9.26. The predicted molar refractivity (Wildman–Crippen MR) is 44.0 cm³/mol. The Morgan fingerprint density at radius 1 is 1.38 bits per heavy atom. The predicted octanol–water partition coefficient (Wildman–Crippen LogP) is 2.54. The van der Waals surface area contributed by atoms with Crippen LogP contribution < -0.4 is 0 Å². The highest BCUT2D eigenvalue weighted by molar-refractivity contribution is 5.80. The summed E-state index contributed by atoms with van der Waals surface area (Å²) < 4.78 is 17.7. The Bertz CT molecular complexity index is 497. The first-order valence-corrected chi connectivity index (χ1v) is 3.56. The number of hydrogen-bond acceptors (Lipinski definition) is 3. The Morgan fingerprint density at radius 3 is 3.00 bits per heavy atom. The molecule has 64 valence electrons. The van der Waals surface area contributed by atoms with Gasteiger partial charge < -0.3 is 4.42 Å². The van der Waals surface area contributed by atoms with E-state index in [1.807, 2.05) is 0 Å². The molecule has 0 bridgehead atoms. The van der Waals surface area contributed by atoms with Crippen molar-refractivity contribution in [1.29, 1.82) is 0 Å². The van der Waals surface area contributed by atoms with Crippen molar-refractivity contribution < 1.29 is 13.6 Å². The minimum absolute atomic E-state index is 0.135. The number of carbonyl (C=O) groups excluding carboxylic acids is 1. The van der Waals surface area contributed by atoms with E-state index < -0.39 is 0 Å². The molecule has 0 N–H and O–H groups in total. The van der Waals surface area contributed by atoms with E-state index in [1.54, 1.807) is 12.1 Å². The Kier molecular flexibility index (Phi) is 1.69. The fourth-order valence-corrected chi connectivity index (χ4v) is 1.09. The van der Waals surface area contributed by atoms with Crippen molar-refractivity contribution >= 4 is 22.9 Å². The van der Waals surface area contributed by atoms with E-state index in [-0.39, 0.29) is 11.7 Å². The van der Waals surface area contributed by atoms with E-state index in [0.717, 1.165) is 0 Å². The van der Waals surface area contributed by atoms with Crippen molar-refractivity contribution in [3.63, 3.8) is 0 Å². The smallest absolute Gasteiger partial charge is 0.243 e. The highest BCUT2D eigenvalue weighted by Gasteiger charge is 2.02. The van der Waals surface area contributed by atoms with Crippen LogP contribution in [0.15, 0.2) is 33.7 Å². The van der Waals surface area contributed by atoms with Crippen LogP contribution in [-0.4, -0.2) is 6.08 Å². The van der Waals surface area contributed by atoms with Crippen LogP contribution in [0.4, 0.5) is 10.3 Å². The molecule has 0 amide bonds. The molecule has 0 fully saturated rings. The lowest BCUT2D eigenvalue weighted by molar-refractivity contribution is 0.561. The lowest BCUT2D eigenvalue weighted by atomic mass is 10.2. The standard InChI is InChI=1S/C9H4FNO2/c10-7-2-1-6-3-9(11-5-12)13-8(6)4-7/h1-4H. The summed E-state index contributed by atoms with van der Waals surface area (Å²) in [6, 6.07) is 5.64. The largest absolute Gasteiger partial charge is 0.437 e. The quantitative estimate of drug-likeness (QED) is 0.496. The molecule has 4 heteroatoms. The SMILES string of the molecule is O=C=Nc1cc2ccc(F)cc2o1. The van der Waals surface area contributed by atoms with Crippen LogP contribution in [0.2, 0.25) is 0 Å². The molecule has 3 nitrogen and oxygen atoms in total. The molecule has 13 heavy (non-hydrogen) atoms. The minimum Gasteiger partial charge on any atom is -0.437 e. The molecular weight excluding hydrogens is 173 g/mol. The van der Waals surface area contributed by atoms with Gasteiger partial charge in [0.2, 0.25) is 12.0 Å². The summed E-state index contributed by atoms with van der Waals surface area (Å²) in [7, 11) is 0. The van der Waals surface area contributed by atoms with E-state index >= 15 is 0 Å². The Morgan fingerprint density at radius 2 is 2.23 bits per heavy atom. The molecule has 0 aliphatic carbocycles. The molecule has 1 heterocycles. The lowest BCUT2D eigenvalue weighted by Crippen LogP contribution is -1.68. The van der Waals surface area contributed by atoms with Crippen LogP contribution in [0, 0.1) is 5.82 Å². The summed E-state index contributed by atoms with van der Waals surface area (Å²) in [5.41, 5.74) is 0.369. The molecular formula is C9H4FNO2. The summed E-state index contributed by atoms with van der Waals surface area (Å²) in [4.78, 5) is 13.2. The van der Waals surface area contributed by atoms with Gasteiger partial charge in [0.25, 0.3) is 0 Å². The number of nitrogens with zero attached hydrogens (tertiary/aromatic N) is 1.